The molecule has 252 valence electrons. The van der Waals surface area contributed by atoms with Crippen molar-refractivity contribution in [3.8, 4) is 56.2 Å². The van der Waals surface area contributed by atoms with E-state index in [0.29, 0.717) is 5.82 Å². The van der Waals surface area contributed by atoms with E-state index in [-0.39, 0.29) is 0 Å². The molecule has 0 saturated heterocycles. The van der Waals surface area contributed by atoms with Crippen LogP contribution in [-0.4, -0.2) is 15.0 Å². The SMILES string of the molecule is c1ccc(-c2cc(-c3ccc(-c4ccc5c(c4)oc4ccccc45)c4oc5ccccc5c34)nc(-c3ccc(-c4cccc5ncccc45)cc3)n2)cc1. The minimum atomic E-state index is 0.651. The van der Waals surface area contributed by atoms with Gasteiger partial charge in [0.25, 0.3) is 0 Å². The Bertz CT molecular complexity index is 3210. The minimum Gasteiger partial charge on any atom is -0.456 e. The number of hydrogen-bond donors (Lipinski definition) is 0. The van der Waals surface area contributed by atoms with Crippen LogP contribution in [0.1, 0.15) is 0 Å². The van der Waals surface area contributed by atoms with Crippen molar-refractivity contribution in [3.05, 3.63) is 176 Å². The molecule has 4 heterocycles. The van der Waals surface area contributed by atoms with Crippen LogP contribution >= 0.6 is 0 Å². The Morgan fingerprint density at radius 3 is 1.93 bits per heavy atom. The summed E-state index contributed by atoms with van der Waals surface area (Å²) in [5, 5.41) is 5.36. The van der Waals surface area contributed by atoms with Crippen molar-refractivity contribution in [3.63, 3.8) is 0 Å². The summed E-state index contributed by atoms with van der Waals surface area (Å²) < 4.78 is 13.0. The third-order valence-electron chi connectivity index (χ3n) is 10.4. The molecule has 7 aromatic carbocycles. The summed E-state index contributed by atoms with van der Waals surface area (Å²) in [6.07, 6.45) is 1.83. The van der Waals surface area contributed by atoms with Crippen LogP contribution in [0, 0.1) is 0 Å². The van der Waals surface area contributed by atoms with Crippen LogP contribution in [0.3, 0.4) is 0 Å². The lowest BCUT2D eigenvalue weighted by Crippen LogP contribution is -1.96. The summed E-state index contributed by atoms with van der Waals surface area (Å²) in [6.45, 7) is 0. The van der Waals surface area contributed by atoms with E-state index in [9.17, 15) is 0 Å². The molecule has 5 nitrogen and oxygen atoms in total. The Morgan fingerprint density at radius 2 is 1.06 bits per heavy atom. The highest BCUT2D eigenvalue weighted by Crippen LogP contribution is 2.43. The molecule has 0 aliphatic carbocycles. The third-order valence-corrected chi connectivity index (χ3v) is 10.4. The highest BCUT2D eigenvalue weighted by Gasteiger charge is 2.20. The third kappa shape index (κ3) is 4.90. The van der Waals surface area contributed by atoms with E-state index in [1.807, 2.05) is 66.9 Å². The van der Waals surface area contributed by atoms with Crippen molar-refractivity contribution in [1.29, 1.82) is 0 Å². The number of rotatable bonds is 5. The maximum absolute atomic E-state index is 6.71. The lowest BCUT2D eigenvalue weighted by atomic mass is 9.95. The molecule has 0 saturated carbocycles. The molecule has 0 aliphatic heterocycles. The van der Waals surface area contributed by atoms with Gasteiger partial charge in [-0.3, -0.25) is 4.98 Å². The number of furan rings is 2. The summed E-state index contributed by atoms with van der Waals surface area (Å²) in [4.78, 5) is 15.0. The molecule has 5 heteroatoms. The molecule has 0 aliphatic rings. The zero-order valence-corrected chi connectivity index (χ0v) is 28.9. The number of pyridine rings is 1. The average Bonchev–Trinajstić information content (AvgIpc) is 3.82. The smallest absolute Gasteiger partial charge is 0.160 e. The second-order valence-corrected chi connectivity index (χ2v) is 13.6. The highest BCUT2D eigenvalue weighted by atomic mass is 16.3. The largest absolute Gasteiger partial charge is 0.456 e. The first kappa shape index (κ1) is 30.3. The fourth-order valence-electron chi connectivity index (χ4n) is 7.79. The summed E-state index contributed by atoms with van der Waals surface area (Å²) >= 11 is 0. The first-order valence-corrected chi connectivity index (χ1v) is 18.0. The van der Waals surface area contributed by atoms with Gasteiger partial charge >= 0.3 is 0 Å². The first-order valence-electron chi connectivity index (χ1n) is 18.0. The first-order chi connectivity index (χ1) is 26.7. The van der Waals surface area contributed by atoms with Crippen LogP contribution in [0.2, 0.25) is 0 Å². The Morgan fingerprint density at radius 1 is 0.370 bits per heavy atom. The topological polar surface area (TPSA) is 65.0 Å². The maximum Gasteiger partial charge on any atom is 0.160 e. The normalized spacial score (nSPS) is 11.7. The van der Waals surface area contributed by atoms with Gasteiger partial charge in [0.1, 0.15) is 22.3 Å². The molecular formula is C49H29N3O2. The van der Waals surface area contributed by atoms with Crippen LogP contribution in [-0.2, 0) is 0 Å². The van der Waals surface area contributed by atoms with Gasteiger partial charge in [0, 0.05) is 55.4 Å². The molecule has 0 N–H and O–H groups in total. The number of benzene rings is 7. The Labute approximate surface area is 309 Å². The van der Waals surface area contributed by atoms with Gasteiger partial charge in [-0.2, -0.15) is 0 Å². The van der Waals surface area contributed by atoms with Gasteiger partial charge in [-0.05, 0) is 65.2 Å². The Kier molecular flexibility index (Phi) is 6.79. The predicted octanol–water partition coefficient (Wildman–Crippen LogP) is 13.2. The quantitative estimate of drug-likeness (QED) is 0.180. The van der Waals surface area contributed by atoms with Crippen LogP contribution in [0.15, 0.2) is 185 Å². The van der Waals surface area contributed by atoms with E-state index < -0.39 is 0 Å². The molecule has 0 spiro atoms. The molecular weight excluding hydrogens is 663 g/mol. The van der Waals surface area contributed by atoms with Crippen LogP contribution < -0.4 is 0 Å². The molecule has 11 aromatic rings. The van der Waals surface area contributed by atoms with Crippen molar-refractivity contribution in [2.45, 2.75) is 0 Å². The maximum atomic E-state index is 6.71. The second-order valence-electron chi connectivity index (χ2n) is 13.6. The van der Waals surface area contributed by atoms with E-state index in [4.69, 9.17) is 18.8 Å². The van der Waals surface area contributed by atoms with Crippen molar-refractivity contribution >= 4 is 54.8 Å². The highest BCUT2D eigenvalue weighted by molar-refractivity contribution is 6.16. The molecule has 54 heavy (non-hydrogen) atoms. The van der Waals surface area contributed by atoms with Gasteiger partial charge in [-0.25, -0.2) is 9.97 Å². The van der Waals surface area contributed by atoms with Gasteiger partial charge in [0.15, 0.2) is 5.82 Å². The van der Waals surface area contributed by atoms with E-state index >= 15 is 0 Å². The fourth-order valence-corrected chi connectivity index (χ4v) is 7.79. The zero-order valence-electron chi connectivity index (χ0n) is 28.9. The fraction of sp³-hybridized carbons (Fsp3) is 0. The van der Waals surface area contributed by atoms with Crippen LogP contribution in [0.25, 0.3) is 111 Å². The summed E-state index contributed by atoms with van der Waals surface area (Å²) in [6, 6.07) is 58.3. The van der Waals surface area contributed by atoms with Gasteiger partial charge < -0.3 is 8.83 Å². The summed E-state index contributed by atoms with van der Waals surface area (Å²) in [7, 11) is 0. The monoisotopic (exact) mass is 691 g/mol. The predicted molar refractivity (Wildman–Crippen MR) is 219 cm³/mol. The van der Waals surface area contributed by atoms with Crippen molar-refractivity contribution in [2.24, 2.45) is 0 Å². The summed E-state index contributed by atoms with van der Waals surface area (Å²) in [5.41, 5.74) is 13.2. The number of para-hydroxylation sites is 2. The Balaban J connectivity index is 1.09. The molecule has 0 atom stereocenters. The number of nitrogens with zero attached hydrogens (tertiary/aromatic N) is 3. The second kappa shape index (κ2) is 12.1. The van der Waals surface area contributed by atoms with Crippen LogP contribution in [0.5, 0.6) is 0 Å². The number of aromatic nitrogens is 3. The lowest BCUT2D eigenvalue weighted by Gasteiger charge is -2.12. The van der Waals surface area contributed by atoms with E-state index in [2.05, 4.69) is 114 Å². The molecule has 0 fully saturated rings. The lowest BCUT2D eigenvalue weighted by molar-refractivity contribution is 0.668. The van der Waals surface area contributed by atoms with Crippen molar-refractivity contribution in [1.82, 2.24) is 15.0 Å². The number of hydrogen-bond acceptors (Lipinski definition) is 5. The van der Waals surface area contributed by atoms with Crippen molar-refractivity contribution < 1.29 is 8.83 Å². The van der Waals surface area contributed by atoms with Gasteiger partial charge in [-0.15, -0.1) is 0 Å². The molecule has 0 radical (unpaired) electrons. The summed E-state index contributed by atoms with van der Waals surface area (Å²) in [5.74, 6) is 0.651. The molecule has 0 unspecified atom stereocenters. The average molecular weight is 692 g/mol. The standard InChI is InChI=1S/C49H29N3O2/c1-2-10-31(11-3-1)42-29-43(52-49(51-42)32-21-19-30(20-22-32)34-14-8-16-41-36(34)15-9-27-50-41)39-26-25-35(48-47(39)40-13-5-7-18-45(40)54-48)33-23-24-38-37-12-4-6-17-44(37)53-46(38)28-33/h1-29H. The van der Waals surface area contributed by atoms with Crippen molar-refractivity contribution in [2.75, 3.05) is 0 Å². The van der Waals surface area contributed by atoms with E-state index in [1.54, 1.807) is 0 Å². The Hall–Kier alpha value is -7.37. The van der Waals surface area contributed by atoms with E-state index in [0.717, 1.165) is 105 Å². The molecule has 0 amide bonds. The zero-order chi connectivity index (χ0) is 35.6. The molecule has 0 bridgehead atoms. The van der Waals surface area contributed by atoms with E-state index in [1.165, 1.54) is 0 Å². The van der Waals surface area contributed by atoms with Gasteiger partial charge in [-0.1, -0.05) is 121 Å². The van der Waals surface area contributed by atoms with Gasteiger partial charge in [0.05, 0.1) is 16.9 Å². The van der Waals surface area contributed by atoms with Gasteiger partial charge in [0.2, 0.25) is 0 Å². The van der Waals surface area contributed by atoms with Crippen LogP contribution in [0.4, 0.5) is 0 Å². The number of fused-ring (bicyclic) bond motifs is 7. The molecule has 4 aromatic heterocycles. The minimum absolute atomic E-state index is 0.651. The molecule has 11 rings (SSSR count).